The van der Waals surface area contributed by atoms with Gasteiger partial charge < -0.3 is 14.4 Å². The summed E-state index contributed by atoms with van der Waals surface area (Å²) in [6.07, 6.45) is 0. The molecule has 0 N–H and O–H groups in total. The maximum Gasteiger partial charge on any atom is 0.225 e. The average molecular weight is 239 g/mol. The third-order valence-electron chi connectivity index (χ3n) is 2.38. The first-order valence-electron chi connectivity index (χ1n) is 5.72. The van der Waals surface area contributed by atoms with Gasteiger partial charge in [-0.2, -0.15) is 0 Å². The highest BCUT2D eigenvalue weighted by Gasteiger charge is 2.10. The lowest BCUT2D eigenvalue weighted by atomic mass is 10.3. The fraction of sp³-hybridized carbons (Fsp3) is 0.667. The van der Waals surface area contributed by atoms with Gasteiger partial charge in [0.2, 0.25) is 5.95 Å². The molecule has 0 saturated carbocycles. The molecule has 0 spiro atoms. The lowest BCUT2D eigenvalue weighted by Gasteiger charge is -2.22. The van der Waals surface area contributed by atoms with E-state index in [0.717, 1.165) is 30.4 Å². The molecule has 0 amide bonds. The van der Waals surface area contributed by atoms with Crippen LogP contribution in [-0.2, 0) is 9.47 Å². The number of nitrogens with zero attached hydrogens (tertiary/aromatic N) is 3. The van der Waals surface area contributed by atoms with Gasteiger partial charge in [-0.25, -0.2) is 9.97 Å². The summed E-state index contributed by atoms with van der Waals surface area (Å²) in [4.78, 5) is 11.0. The molecule has 1 rings (SSSR count). The predicted molar refractivity (Wildman–Crippen MR) is 67.5 cm³/mol. The van der Waals surface area contributed by atoms with Crippen molar-refractivity contribution in [2.75, 3.05) is 45.4 Å². The molecule has 0 bridgehead atoms. The summed E-state index contributed by atoms with van der Waals surface area (Å²) in [5.41, 5.74) is 1.96. The molecule has 0 aliphatic heterocycles. The minimum absolute atomic E-state index is 0.653. The van der Waals surface area contributed by atoms with Crippen molar-refractivity contribution < 1.29 is 9.47 Å². The third-order valence-corrected chi connectivity index (χ3v) is 2.38. The van der Waals surface area contributed by atoms with E-state index in [4.69, 9.17) is 9.47 Å². The first kappa shape index (κ1) is 13.9. The Labute approximate surface area is 103 Å². The first-order valence-corrected chi connectivity index (χ1v) is 5.72. The Morgan fingerprint density at radius 2 is 1.47 bits per heavy atom. The van der Waals surface area contributed by atoms with Crippen LogP contribution in [0.4, 0.5) is 5.95 Å². The Morgan fingerprint density at radius 1 is 1.00 bits per heavy atom. The highest BCUT2D eigenvalue weighted by molar-refractivity contribution is 5.32. The monoisotopic (exact) mass is 239 g/mol. The summed E-state index contributed by atoms with van der Waals surface area (Å²) in [5.74, 6) is 0.747. The van der Waals surface area contributed by atoms with Gasteiger partial charge in [-0.05, 0) is 19.9 Å². The standard InChI is InChI=1S/C12H21N3O2/c1-10-9-11(2)14-12(13-10)15(5-7-16-3)6-8-17-4/h9H,5-8H2,1-4H3. The number of ether oxygens (including phenoxy) is 2. The van der Waals surface area contributed by atoms with Crippen molar-refractivity contribution in [1.82, 2.24) is 9.97 Å². The second kappa shape index (κ2) is 7.19. The van der Waals surface area contributed by atoms with Crippen LogP contribution in [0.5, 0.6) is 0 Å². The molecule has 96 valence electrons. The molecular formula is C12H21N3O2. The molecule has 17 heavy (non-hydrogen) atoms. The quantitative estimate of drug-likeness (QED) is 0.715. The Balaban J connectivity index is 2.78. The minimum atomic E-state index is 0.653. The van der Waals surface area contributed by atoms with Gasteiger partial charge in [0.15, 0.2) is 0 Å². The van der Waals surface area contributed by atoms with Crippen LogP contribution < -0.4 is 4.90 Å². The predicted octanol–water partition coefficient (Wildman–Crippen LogP) is 1.19. The van der Waals surface area contributed by atoms with Crippen LogP contribution in [0.1, 0.15) is 11.4 Å². The summed E-state index contributed by atoms with van der Waals surface area (Å²) < 4.78 is 10.2. The second-order valence-electron chi connectivity index (χ2n) is 3.92. The fourth-order valence-corrected chi connectivity index (χ4v) is 1.56. The molecule has 0 saturated heterocycles. The molecule has 5 nitrogen and oxygen atoms in total. The Morgan fingerprint density at radius 3 is 1.88 bits per heavy atom. The number of hydrogen-bond donors (Lipinski definition) is 0. The normalized spacial score (nSPS) is 10.6. The van der Waals surface area contributed by atoms with Gasteiger partial charge in [-0.15, -0.1) is 0 Å². The zero-order chi connectivity index (χ0) is 12.7. The zero-order valence-corrected chi connectivity index (χ0v) is 11.1. The summed E-state index contributed by atoms with van der Waals surface area (Å²) >= 11 is 0. The van der Waals surface area contributed by atoms with E-state index in [1.165, 1.54) is 0 Å². The number of hydrogen-bond acceptors (Lipinski definition) is 5. The minimum Gasteiger partial charge on any atom is -0.383 e. The van der Waals surface area contributed by atoms with E-state index >= 15 is 0 Å². The molecule has 0 atom stereocenters. The Hall–Kier alpha value is -1.20. The Bertz CT molecular complexity index is 316. The summed E-state index contributed by atoms with van der Waals surface area (Å²) in [5, 5.41) is 0. The molecule has 0 aliphatic carbocycles. The van der Waals surface area contributed by atoms with Gasteiger partial charge in [0.1, 0.15) is 0 Å². The molecule has 5 heteroatoms. The summed E-state index contributed by atoms with van der Waals surface area (Å²) in [6.45, 7) is 6.79. The maximum absolute atomic E-state index is 5.10. The Kier molecular flexibility index (Phi) is 5.86. The molecule has 1 aromatic rings. The zero-order valence-electron chi connectivity index (χ0n) is 11.1. The van der Waals surface area contributed by atoms with Crippen molar-refractivity contribution in [3.8, 4) is 0 Å². The fourth-order valence-electron chi connectivity index (χ4n) is 1.56. The summed E-state index contributed by atoms with van der Waals surface area (Å²) in [6, 6.07) is 1.97. The van der Waals surface area contributed by atoms with Gasteiger partial charge >= 0.3 is 0 Å². The highest BCUT2D eigenvalue weighted by Crippen LogP contribution is 2.09. The number of methoxy groups -OCH3 is 2. The molecule has 0 fully saturated rings. The van der Waals surface area contributed by atoms with Crippen LogP contribution in [0.25, 0.3) is 0 Å². The van der Waals surface area contributed by atoms with Gasteiger partial charge in [0, 0.05) is 38.7 Å². The van der Waals surface area contributed by atoms with Crippen molar-refractivity contribution in [3.63, 3.8) is 0 Å². The van der Waals surface area contributed by atoms with Crippen LogP contribution in [0.2, 0.25) is 0 Å². The van der Waals surface area contributed by atoms with Crippen molar-refractivity contribution in [1.29, 1.82) is 0 Å². The van der Waals surface area contributed by atoms with Gasteiger partial charge in [0.25, 0.3) is 0 Å². The maximum atomic E-state index is 5.10. The van der Waals surface area contributed by atoms with E-state index in [9.17, 15) is 0 Å². The van der Waals surface area contributed by atoms with Crippen LogP contribution in [0.3, 0.4) is 0 Å². The van der Waals surface area contributed by atoms with Crippen molar-refractivity contribution in [2.45, 2.75) is 13.8 Å². The summed E-state index contributed by atoms with van der Waals surface area (Å²) in [7, 11) is 3.38. The van der Waals surface area contributed by atoms with E-state index in [1.54, 1.807) is 14.2 Å². The lowest BCUT2D eigenvalue weighted by molar-refractivity contribution is 0.189. The molecule has 1 aromatic heterocycles. The van der Waals surface area contributed by atoms with Crippen molar-refractivity contribution in [2.24, 2.45) is 0 Å². The first-order chi connectivity index (χ1) is 8.17. The SMILES string of the molecule is COCCN(CCOC)c1nc(C)cc(C)n1. The molecule has 0 aromatic carbocycles. The largest absolute Gasteiger partial charge is 0.383 e. The van der Waals surface area contributed by atoms with Crippen molar-refractivity contribution >= 4 is 5.95 Å². The topological polar surface area (TPSA) is 47.5 Å². The highest BCUT2D eigenvalue weighted by atomic mass is 16.5. The van der Waals surface area contributed by atoms with E-state index in [2.05, 4.69) is 14.9 Å². The smallest absolute Gasteiger partial charge is 0.225 e. The molecule has 0 aliphatic rings. The molecule has 1 heterocycles. The van der Waals surface area contributed by atoms with E-state index < -0.39 is 0 Å². The molecule has 0 radical (unpaired) electrons. The van der Waals surface area contributed by atoms with E-state index in [0.29, 0.717) is 13.2 Å². The van der Waals surface area contributed by atoms with Crippen molar-refractivity contribution in [3.05, 3.63) is 17.5 Å². The van der Waals surface area contributed by atoms with Crippen LogP contribution >= 0.6 is 0 Å². The van der Waals surface area contributed by atoms with Crippen LogP contribution in [0, 0.1) is 13.8 Å². The molecule has 0 unspecified atom stereocenters. The lowest BCUT2D eigenvalue weighted by Crippen LogP contribution is -2.32. The number of anilines is 1. The van der Waals surface area contributed by atoms with Crippen LogP contribution in [-0.4, -0.2) is 50.5 Å². The van der Waals surface area contributed by atoms with Gasteiger partial charge in [-0.1, -0.05) is 0 Å². The van der Waals surface area contributed by atoms with E-state index in [1.807, 2.05) is 19.9 Å². The van der Waals surface area contributed by atoms with E-state index in [-0.39, 0.29) is 0 Å². The second-order valence-corrected chi connectivity index (χ2v) is 3.92. The number of aryl methyl sites for hydroxylation is 2. The van der Waals surface area contributed by atoms with Crippen LogP contribution in [0.15, 0.2) is 6.07 Å². The number of aromatic nitrogens is 2. The van der Waals surface area contributed by atoms with Gasteiger partial charge in [0.05, 0.1) is 13.2 Å². The number of rotatable bonds is 7. The molecular weight excluding hydrogens is 218 g/mol. The average Bonchev–Trinajstić information content (AvgIpc) is 2.28. The van der Waals surface area contributed by atoms with Gasteiger partial charge in [-0.3, -0.25) is 0 Å². The third kappa shape index (κ3) is 4.66.